The molecule has 0 atom stereocenters. The van der Waals surface area contributed by atoms with Crippen LogP contribution in [0.25, 0.3) is 61.4 Å². The van der Waals surface area contributed by atoms with Crippen LogP contribution in [-0.2, 0) is 0 Å². The van der Waals surface area contributed by atoms with Gasteiger partial charge in [0.15, 0.2) is 0 Å². The SMILES string of the molecule is C(=C1/c2ccccc2-c2cc(-c3ccccc3)ccc21)/c1ccc(-n2c3ccccc3c3ccccc32)cc1. The number of hydrogen-bond donors (Lipinski definition) is 0. The van der Waals surface area contributed by atoms with Crippen LogP contribution in [0.3, 0.4) is 0 Å². The largest absolute Gasteiger partial charge is 0.309 e. The van der Waals surface area contributed by atoms with Gasteiger partial charge in [0.05, 0.1) is 11.0 Å². The third-order valence-electron chi connectivity index (χ3n) is 7.97. The summed E-state index contributed by atoms with van der Waals surface area (Å²) < 4.78 is 2.37. The van der Waals surface area contributed by atoms with Crippen LogP contribution in [0.15, 0.2) is 146 Å². The van der Waals surface area contributed by atoms with Gasteiger partial charge >= 0.3 is 0 Å². The molecule has 1 aliphatic rings. The number of rotatable bonds is 3. The molecule has 39 heavy (non-hydrogen) atoms. The topological polar surface area (TPSA) is 4.93 Å². The van der Waals surface area contributed by atoms with Crippen molar-refractivity contribution in [3.05, 3.63) is 162 Å². The van der Waals surface area contributed by atoms with E-state index in [9.17, 15) is 0 Å². The standard InChI is InChI=1S/C38H25N/c1-2-10-27(11-3-1)28-20-23-32-35(30-12-4-5-13-31(30)36(32)25-28)24-26-18-21-29(22-19-26)39-37-16-8-6-14-33(37)34-15-7-9-17-38(34)39/h1-25H/b35-24+. The zero-order valence-corrected chi connectivity index (χ0v) is 21.4. The summed E-state index contributed by atoms with van der Waals surface area (Å²) in [6, 6.07) is 52.6. The highest BCUT2D eigenvalue weighted by Gasteiger charge is 2.23. The average Bonchev–Trinajstić information content (AvgIpc) is 3.51. The predicted octanol–water partition coefficient (Wildman–Crippen LogP) is 10.0. The fraction of sp³-hybridized carbons (Fsp3) is 0. The summed E-state index contributed by atoms with van der Waals surface area (Å²) in [6.07, 6.45) is 2.34. The van der Waals surface area contributed by atoms with Crippen molar-refractivity contribution < 1.29 is 0 Å². The lowest BCUT2D eigenvalue weighted by atomic mass is 9.97. The minimum absolute atomic E-state index is 1.18. The lowest BCUT2D eigenvalue weighted by molar-refractivity contribution is 1.18. The fourth-order valence-electron chi connectivity index (χ4n) is 6.15. The fourth-order valence-corrected chi connectivity index (χ4v) is 6.15. The zero-order valence-electron chi connectivity index (χ0n) is 21.4. The summed E-state index contributed by atoms with van der Waals surface area (Å²) in [5, 5.41) is 2.57. The lowest BCUT2D eigenvalue weighted by Crippen LogP contribution is -1.93. The minimum Gasteiger partial charge on any atom is -0.309 e. The minimum atomic E-state index is 1.18. The van der Waals surface area contributed by atoms with E-state index >= 15 is 0 Å². The molecule has 0 aliphatic heterocycles. The molecule has 1 aliphatic carbocycles. The van der Waals surface area contributed by atoms with Gasteiger partial charge in [-0.05, 0) is 80.9 Å². The quantitative estimate of drug-likeness (QED) is 0.230. The van der Waals surface area contributed by atoms with Gasteiger partial charge in [-0.1, -0.05) is 115 Å². The van der Waals surface area contributed by atoms with Gasteiger partial charge in [0.25, 0.3) is 0 Å². The molecule has 0 unspecified atom stereocenters. The molecule has 1 heterocycles. The number of hydrogen-bond acceptors (Lipinski definition) is 0. The molecule has 0 bridgehead atoms. The van der Waals surface area contributed by atoms with Gasteiger partial charge in [0, 0.05) is 16.5 Å². The van der Waals surface area contributed by atoms with Crippen molar-refractivity contribution in [1.29, 1.82) is 0 Å². The van der Waals surface area contributed by atoms with Crippen molar-refractivity contribution in [3.63, 3.8) is 0 Å². The average molecular weight is 496 g/mol. The highest BCUT2D eigenvalue weighted by molar-refractivity contribution is 6.09. The Kier molecular flexibility index (Phi) is 4.89. The van der Waals surface area contributed by atoms with Gasteiger partial charge < -0.3 is 4.57 Å². The molecule has 0 saturated carbocycles. The van der Waals surface area contributed by atoms with Crippen LogP contribution in [0, 0.1) is 0 Å². The van der Waals surface area contributed by atoms with Crippen molar-refractivity contribution in [2.45, 2.75) is 0 Å². The van der Waals surface area contributed by atoms with Gasteiger partial charge in [-0.15, -0.1) is 0 Å². The van der Waals surface area contributed by atoms with E-state index < -0.39 is 0 Å². The number of fused-ring (bicyclic) bond motifs is 6. The Morgan fingerprint density at radius 3 is 1.72 bits per heavy atom. The molecule has 0 fully saturated rings. The molecule has 8 rings (SSSR count). The second kappa shape index (κ2) is 8.72. The van der Waals surface area contributed by atoms with Crippen molar-refractivity contribution in [3.8, 4) is 27.9 Å². The van der Waals surface area contributed by atoms with Crippen LogP contribution in [0.4, 0.5) is 0 Å². The van der Waals surface area contributed by atoms with E-state index in [0.29, 0.717) is 0 Å². The van der Waals surface area contributed by atoms with Crippen LogP contribution < -0.4 is 0 Å². The smallest absolute Gasteiger partial charge is 0.0541 e. The van der Waals surface area contributed by atoms with Gasteiger partial charge in [-0.3, -0.25) is 0 Å². The molecule has 1 heteroatoms. The van der Waals surface area contributed by atoms with Crippen molar-refractivity contribution in [2.24, 2.45) is 0 Å². The highest BCUT2D eigenvalue weighted by Crippen LogP contribution is 2.46. The molecule has 0 saturated heterocycles. The van der Waals surface area contributed by atoms with E-state index in [1.54, 1.807) is 0 Å². The zero-order chi connectivity index (χ0) is 25.8. The summed E-state index contributed by atoms with van der Waals surface area (Å²) in [5.41, 5.74) is 13.8. The van der Waals surface area contributed by atoms with E-state index in [2.05, 4.69) is 156 Å². The summed E-state index contributed by atoms with van der Waals surface area (Å²) >= 11 is 0. The van der Waals surface area contributed by atoms with Crippen LogP contribution in [0.1, 0.15) is 16.7 Å². The lowest BCUT2D eigenvalue weighted by Gasteiger charge is -2.09. The number of aromatic nitrogens is 1. The first kappa shape index (κ1) is 21.9. The van der Waals surface area contributed by atoms with Crippen LogP contribution in [0.5, 0.6) is 0 Å². The Morgan fingerprint density at radius 2 is 1.00 bits per heavy atom. The van der Waals surface area contributed by atoms with Crippen molar-refractivity contribution in [2.75, 3.05) is 0 Å². The summed E-state index contributed by atoms with van der Waals surface area (Å²) in [4.78, 5) is 0. The Balaban J connectivity index is 1.23. The number of para-hydroxylation sites is 2. The van der Waals surface area contributed by atoms with Crippen LogP contribution in [-0.4, -0.2) is 4.57 Å². The second-order valence-electron chi connectivity index (χ2n) is 10.2. The number of benzene rings is 6. The van der Waals surface area contributed by atoms with Crippen molar-refractivity contribution in [1.82, 2.24) is 4.57 Å². The molecule has 182 valence electrons. The van der Waals surface area contributed by atoms with Gasteiger partial charge in [-0.25, -0.2) is 0 Å². The van der Waals surface area contributed by atoms with Crippen LogP contribution in [0.2, 0.25) is 0 Å². The van der Waals surface area contributed by atoms with E-state index in [1.165, 1.54) is 72.0 Å². The summed E-state index contributed by atoms with van der Waals surface area (Å²) in [5.74, 6) is 0. The molecular formula is C38H25N. The molecule has 1 aromatic heterocycles. The first-order valence-electron chi connectivity index (χ1n) is 13.5. The summed E-state index contributed by atoms with van der Waals surface area (Å²) in [6.45, 7) is 0. The molecule has 1 nitrogen and oxygen atoms in total. The maximum absolute atomic E-state index is 2.37. The normalized spacial score (nSPS) is 13.2. The molecule has 0 spiro atoms. The molecule has 6 aromatic carbocycles. The van der Waals surface area contributed by atoms with Gasteiger partial charge in [0.2, 0.25) is 0 Å². The second-order valence-corrected chi connectivity index (χ2v) is 10.2. The summed E-state index contributed by atoms with van der Waals surface area (Å²) in [7, 11) is 0. The number of nitrogens with zero attached hydrogens (tertiary/aromatic N) is 1. The molecule has 0 radical (unpaired) electrons. The monoisotopic (exact) mass is 495 g/mol. The van der Waals surface area contributed by atoms with E-state index in [0.717, 1.165) is 0 Å². The first-order chi connectivity index (χ1) is 19.3. The first-order valence-corrected chi connectivity index (χ1v) is 13.5. The molecular weight excluding hydrogens is 470 g/mol. The predicted molar refractivity (Wildman–Crippen MR) is 165 cm³/mol. The Morgan fingerprint density at radius 1 is 0.410 bits per heavy atom. The van der Waals surface area contributed by atoms with E-state index in [1.807, 2.05) is 0 Å². The maximum Gasteiger partial charge on any atom is 0.0541 e. The highest BCUT2D eigenvalue weighted by atomic mass is 15.0. The molecule has 7 aromatic rings. The van der Waals surface area contributed by atoms with Crippen LogP contribution >= 0.6 is 0 Å². The Hall–Kier alpha value is -5.14. The Bertz CT molecular complexity index is 1990. The Labute approximate surface area is 227 Å². The molecule has 0 N–H and O–H groups in total. The third-order valence-corrected chi connectivity index (χ3v) is 7.97. The molecule has 0 amide bonds. The van der Waals surface area contributed by atoms with Gasteiger partial charge in [-0.2, -0.15) is 0 Å². The van der Waals surface area contributed by atoms with E-state index in [-0.39, 0.29) is 0 Å². The van der Waals surface area contributed by atoms with Crippen molar-refractivity contribution >= 4 is 33.5 Å². The maximum atomic E-state index is 2.37. The van der Waals surface area contributed by atoms with E-state index in [4.69, 9.17) is 0 Å². The third kappa shape index (κ3) is 3.48. The van der Waals surface area contributed by atoms with Gasteiger partial charge in [0.1, 0.15) is 0 Å².